The minimum absolute atomic E-state index is 0.0376. The first-order chi connectivity index (χ1) is 16.5. The molecule has 0 aliphatic heterocycles. The third-order valence-corrected chi connectivity index (χ3v) is 6.73. The third kappa shape index (κ3) is 7.48. The molecule has 35 heavy (non-hydrogen) atoms. The fourth-order valence-corrected chi connectivity index (χ4v) is 4.96. The molecule has 3 atom stereocenters. The summed E-state index contributed by atoms with van der Waals surface area (Å²) in [4.78, 5) is 24.5. The first-order valence-electron chi connectivity index (χ1n) is 11.3. The number of nitrogen functional groups attached to an aromatic ring is 1. The van der Waals surface area contributed by atoms with Gasteiger partial charge in [-0.1, -0.05) is 18.2 Å². The van der Waals surface area contributed by atoms with Crippen molar-refractivity contribution in [3.63, 3.8) is 0 Å². The fraction of sp³-hybridized carbons (Fsp3) is 0.478. The molecule has 2 aromatic heterocycles. The van der Waals surface area contributed by atoms with Crippen molar-refractivity contribution in [3.05, 3.63) is 43.0 Å². The third-order valence-electron chi connectivity index (χ3n) is 4.90. The van der Waals surface area contributed by atoms with Crippen LogP contribution >= 0.6 is 7.52 Å². The van der Waals surface area contributed by atoms with Gasteiger partial charge < -0.3 is 24.3 Å². The smallest absolute Gasteiger partial charge is 0.342 e. The van der Waals surface area contributed by atoms with Crippen molar-refractivity contribution in [2.75, 3.05) is 18.7 Å². The van der Waals surface area contributed by atoms with Crippen LogP contribution in [0.1, 0.15) is 34.6 Å². The second-order valence-electron chi connectivity index (χ2n) is 9.39. The molecular weight excluding hydrogens is 471 g/mol. The zero-order chi connectivity index (χ0) is 25.6. The summed E-state index contributed by atoms with van der Waals surface area (Å²) in [5, 5.41) is 2.97. The number of esters is 1. The monoisotopic (exact) mass is 504 g/mol. The molecule has 3 N–H and O–H groups in total. The maximum absolute atomic E-state index is 13.7. The fourth-order valence-electron chi connectivity index (χ4n) is 3.12. The lowest BCUT2D eigenvalue weighted by Crippen LogP contribution is -2.34. The summed E-state index contributed by atoms with van der Waals surface area (Å²) >= 11 is 0. The van der Waals surface area contributed by atoms with Gasteiger partial charge in [-0.2, -0.15) is 0 Å². The van der Waals surface area contributed by atoms with Gasteiger partial charge in [0.05, 0.1) is 24.4 Å². The van der Waals surface area contributed by atoms with E-state index in [0.717, 1.165) is 0 Å². The highest BCUT2D eigenvalue weighted by Crippen LogP contribution is 2.44. The van der Waals surface area contributed by atoms with E-state index in [2.05, 4.69) is 20.0 Å². The van der Waals surface area contributed by atoms with Crippen molar-refractivity contribution >= 4 is 30.5 Å². The topological polar surface area (TPSA) is 143 Å². The number of anilines is 1. The molecule has 1 aromatic carbocycles. The Labute approximate surface area is 204 Å². The highest BCUT2D eigenvalue weighted by Gasteiger charge is 2.30. The number of benzene rings is 1. The Morgan fingerprint density at radius 2 is 1.89 bits per heavy atom. The Bertz CT molecular complexity index is 1180. The molecule has 0 fully saturated rings. The first-order valence-corrected chi connectivity index (χ1v) is 13.1. The second kappa shape index (κ2) is 11.2. The molecule has 190 valence electrons. The van der Waals surface area contributed by atoms with E-state index < -0.39 is 19.0 Å². The number of nitrogens with zero attached hydrogens (tertiary/aromatic N) is 4. The summed E-state index contributed by atoms with van der Waals surface area (Å²) in [6.07, 6.45) is 2.43. The Balaban J connectivity index is 1.66. The summed E-state index contributed by atoms with van der Waals surface area (Å²) in [5.74, 6) is 0.395. The zero-order valence-electron chi connectivity index (χ0n) is 20.7. The van der Waals surface area contributed by atoms with E-state index in [1.54, 1.807) is 62.9 Å². The average Bonchev–Trinajstić information content (AvgIpc) is 3.20. The van der Waals surface area contributed by atoms with Crippen molar-refractivity contribution in [3.8, 4) is 5.75 Å². The minimum atomic E-state index is -3.53. The average molecular weight is 505 g/mol. The number of imidazole rings is 1. The Hall–Kier alpha value is -3.01. The van der Waals surface area contributed by atoms with Crippen molar-refractivity contribution in [1.82, 2.24) is 24.6 Å². The largest absolute Gasteiger partial charge is 0.464 e. The summed E-state index contributed by atoms with van der Waals surface area (Å²) in [6.45, 7) is 9.37. The predicted molar refractivity (Wildman–Crippen MR) is 133 cm³/mol. The Kier molecular flexibility index (Phi) is 8.47. The maximum Gasteiger partial charge on any atom is 0.342 e. The number of aromatic nitrogens is 4. The highest BCUT2D eigenvalue weighted by atomic mass is 31.2. The Morgan fingerprint density at radius 1 is 1.17 bits per heavy atom. The summed E-state index contributed by atoms with van der Waals surface area (Å²) in [7, 11) is -3.53. The van der Waals surface area contributed by atoms with Crippen LogP contribution in [0, 0.1) is 5.41 Å². The van der Waals surface area contributed by atoms with Crippen LogP contribution in [0.5, 0.6) is 5.75 Å². The van der Waals surface area contributed by atoms with Gasteiger partial charge in [0.2, 0.25) is 0 Å². The lowest BCUT2D eigenvalue weighted by Gasteiger charge is -2.26. The van der Waals surface area contributed by atoms with Crippen LogP contribution in [0.15, 0.2) is 43.0 Å². The number of rotatable bonds is 11. The number of carbonyl (C=O) groups is 1. The van der Waals surface area contributed by atoms with E-state index in [-0.39, 0.29) is 25.0 Å². The van der Waals surface area contributed by atoms with Crippen molar-refractivity contribution in [2.45, 2.75) is 53.3 Å². The van der Waals surface area contributed by atoms with Crippen LogP contribution in [0.3, 0.4) is 0 Å². The van der Waals surface area contributed by atoms with E-state index in [0.29, 0.717) is 29.3 Å². The van der Waals surface area contributed by atoms with Gasteiger partial charge in [-0.3, -0.25) is 9.36 Å². The van der Waals surface area contributed by atoms with E-state index in [4.69, 9.17) is 19.7 Å². The lowest BCUT2D eigenvalue weighted by molar-refractivity contribution is -0.153. The molecule has 3 aromatic rings. The molecule has 0 saturated carbocycles. The number of fused-ring (bicyclic) bond motifs is 1. The quantitative estimate of drug-likeness (QED) is 0.293. The van der Waals surface area contributed by atoms with Crippen LogP contribution in [-0.2, 0) is 25.4 Å². The molecule has 3 rings (SSSR count). The molecular formula is C23H33N6O5P. The molecule has 0 aliphatic rings. The molecule has 0 saturated heterocycles. The number of para-hydroxylation sites is 1. The molecule has 0 amide bonds. The van der Waals surface area contributed by atoms with Gasteiger partial charge >= 0.3 is 13.5 Å². The molecule has 3 unspecified atom stereocenters. The molecule has 0 bridgehead atoms. The van der Waals surface area contributed by atoms with Crippen LogP contribution in [0.4, 0.5) is 5.82 Å². The van der Waals surface area contributed by atoms with Crippen LogP contribution < -0.4 is 15.3 Å². The number of nitrogens with two attached hydrogens (primary N) is 1. The molecule has 0 aliphatic carbocycles. The van der Waals surface area contributed by atoms with E-state index in [1.165, 1.54) is 6.33 Å². The van der Waals surface area contributed by atoms with E-state index >= 15 is 0 Å². The second-order valence-corrected chi connectivity index (χ2v) is 11.4. The maximum atomic E-state index is 13.7. The lowest BCUT2D eigenvalue weighted by atomic mass is 9.97. The van der Waals surface area contributed by atoms with Crippen molar-refractivity contribution in [2.24, 2.45) is 5.41 Å². The standard InChI is InChI=1S/C23H33N6O5P/c1-16(12-32-22(30)23(3,4)5)28-35(31,34-18-9-7-6-8-10-18)15-33-17(2)11-29-14-27-19-20(24)25-13-26-21(19)29/h6-10,13-14,16-17H,11-12,15H2,1-5H3,(H,28,31)(H2,24,25,26). The van der Waals surface area contributed by atoms with E-state index in [1.807, 2.05) is 13.0 Å². The van der Waals surface area contributed by atoms with Crippen LogP contribution in [0.25, 0.3) is 11.2 Å². The predicted octanol–water partition coefficient (Wildman–Crippen LogP) is 3.61. The molecule has 11 nitrogen and oxygen atoms in total. The number of hydrogen-bond acceptors (Lipinski definition) is 9. The van der Waals surface area contributed by atoms with Crippen molar-refractivity contribution < 1.29 is 23.4 Å². The number of hydrogen-bond donors (Lipinski definition) is 2. The van der Waals surface area contributed by atoms with Gasteiger partial charge in [-0.15, -0.1) is 0 Å². The summed E-state index contributed by atoms with van der Waals surface area (Å²) in [5.41, 5.74) is 6.32. The zero-order valence-corrected chi connectivity index (χ0v) is 21.6. The summed E-state index contributed by atoms with van der Waals surface area (Å²) in [6, 6.07) is 8.40. The van der Waals surface area contributed by atoms with Gasteiger partial charge in [0.1, 0.15) is 30.5 Å². The van der Waals surface area contributed by atoms with Gasteiger partial charge in [0.25, 0.3) is 0 Å². The Morgan fingerprint density at radius 3 is 2.57 bits per heavy atom. The van der Waals surface area contributed by atoms with Gasteiger partial charge in [-0.05, 0) is 46.8 Å². The van der Waals surface area contributed by atoms with Crippen LogP contribution in [-0.4, -0.2) is 50.6 Å². The van der Waals surface area contributed by atoms with Crippen LogP contribution in [0.2, 0.25) is 0 Å². The number of ether oxygens (including phenoxy) is 2. The highest BCUT2D eigenvalue weighted by molar-refractivity contribution is 7.57. The van der Waals surface area contributed by atoms with Crippen molar-refractivity contribution in [1.29, 1.82) is 0 Å². The molecule has 12 heteroatoms. The SMILES string of the molecule is CC(COC(=O)C(C)(C)C)NP(=O)(COC(C)Cn1cnc2c(N)ncnc21)Oc1ccccc1. The molecule has 2 heterocycles. The normalized spacial score (nSPS) is 15.3. The number of nitrogens with one attached hydrogen (secondary N) is 1. The van der Waals surface area contributed by atoms with Gasteiger partial charge in [0, 0.05) is 6.04 Å². The molecule has 0 spiro atoms. The van der Waals surface area contributed by atoms with E-state index in [9.17, 15) is 9.36 Å². The number of carbonyl (C=O) groups excluding carboxylic acids is 1. The summed E-state index contributed by atoms with van der Waals surface area (Å²) < 4.78 is 32.7. The first kappa shape index (κ1) is 26.6. The van der Waals surface area contributed by atoms with Gasteiger partial charge in [-0.25, -0.2) is 20.0 Å². The molecule has 0 radical (unpaired) electrons. The van der Waals surface area contributed by atoms with Gasteiger partial charge in [0.15, 0.2) is 11.5 Å². The minimum Gasteiger partial charge on any atom is -0.464 e.